The first kappa shape index (κ1) is 15.3. The fourth-order valence-corrected chi connectivity index (χ4v) is 1.03. The van der Waals surface area contributed by atoms with Crippen LogP contribution in [0.25, 0.3) is 0 Å². The Morgan fingerprint density at radius 2 is 1.62 bits per heavy atom. The number of amides is 1. The molecule has 0 saturated carbocycles. The molecule has 0 aliphatic carbocycles. The lowest BCUT2D eigenvalue weighted by atomic mass is 10.0. The van der Waals surface area contributed by atoms with Crippen molar-refractivity contribution in [1.29, 1.82) is 0 Å². The minimum Gasteiger partial charge on any atom is -0.394 e. The van der Waals surface area contributed by atoms with Crippen molar-refractivity contribution in [2.24, 2.45) is 0 Å². The Morgan fingerprint density at radius 1 is 1.12 bits per heavy atom. The molecule has 0 rings (SSSR count). The molecule has 16 heavy (non-hydrogen) atoms. The van der Waals surface area contributed by atoms with Gasteiger partial charge in [-0.2, -0.15) is 0 Å². The van der Waals surface area contributed by atoms with E-state index in [9.17, 15) is 20.1 Å². The lowest BCUT2D eigenvalue weighted by Gasteiger charge is -2.25. The Hall–Kier alpha value is -0.730. The summed E-state index contributed by atoms with van der Waals surface area (Å²) in [6.45, 7) is 0.665. The number of hydrogen-bond acceptors (Lipinski definition) is 6. The van der Waals surface area contributed by atoms with Gasteiger partial charge in [-0.3, -0.25) is 4.79 Å². The normalized spacial score (nSPS) is 18.6. The van der Waals surface area contributed by atoms with Gasteiger partial charge in [0, 0.05) is 13.0 Å². The number of aliphatic hydroxyl groups is 5. The summed E-state index contributed by atoms with van der Waals surface area (Å²) in [5, 5.41) is 47.8. The second-order valence-corrected chi connectivity index (χ2v) is 3.46. The summed E-state index contributed by atoms with van der Waals surface area (Å²) in [5.74, 6) is -0.302. The van der Waals surface area contributed by atoms with Gasteiger partial charge in [0.15, 0.2) is 0 Å². The Bertz CT molecular complexity index is 212. The van der Waals surface area contributed by atoms with Crippen molar-refractivity contribution in [3.05, 3.63) is 0 Å². The number of hydrogen-bond donors (Lipinski definition) is 6. The summed E-state index contributed by atoms with van der Waals surface area (Å²) in [5.41, 5.74) is 0. The van der Waals surface area contributed by atoms with E-state index >= 15 is 0 Å². The zero-order valence-electron chi connectivity index (χ0n) is 9.08. The Morgan fingerprint density at radius 3 is 2.06 bits per heavy atom. The quantitative estimate of drug-likeness (QED) is 0.279. The molecule has 0 saturated heterocycles. The molecular formula is C9H19NO6. The van der Waals surface area contributed by atoms with Gasteiger partial charge in [-0.15, -0.1) is 0 Å². The van der Waals surface area contributed by atoms with Crippen molar-refractivity contribution in [3.63, 3.8) is 0 Å². The lowest BCUT2D eigenvalue weighted by Crippen LogP contribution is -2.49. The maximum absolute atomic E-state index is 10.8. The van der Waals surface area contributed by atoms with Crippen LogP contribution >= 0.6 is 0 Å². The lowest BCUT2D eigenvalue weighted by molar-refractivity contribution is -0.125. The number of aliphatic hydroxyl groups excluding tert-OH is 5. The highest BCUT2D eigenvalue weighted by atomic mass is 16.4. The molecule has 0 aromatic heterocycles. The van der Waals surface area contributed by atoms with E-state index in [1.54, 1.807) is 6.92 Å². The predicted molar refractivity (Wildman–Crippen MR) is 54.4 cm³/mol. The van der Waals surface area contributed by atoms with Gasteiger partial charge >= 0.3 is 0 Å². The molecule has 0 aliphatic heterocycles. The Kier molecular flexibility index (Phi) is 7.18. The van der Waals surface area contributed by atoms with Crippen molar-refractivity contribution in [1.82, 2.24) is 5.32 Å². The molecule has 0 aromatic rings. The number of rotatable bonds is 7. The van der Waals surface area contributed by atoms with Gasteiger partial charge in [-0.25, -0.2) is 0 Å². The zero-order chi connectivity index (χ0) is 12.7. The van der Waals surface area contributed by atoms with Gasteiger partial charge in [0.05, 0.1) is 12.7 Å². The molecule has 96 valence electrons. The molecule has 1 amide bonds. The minimum atomic E-state index is -1.67. The van der Waals surface area contributed by atoms with E-state index in [0.29, 0.717) is 0 Å². The minimum absolute atomic E-state index is 0.233. The smallest absolute Gasteiger partial charge is 0.219 e. The van der Waals surface area contributed by atoms with E-state index in [2.05, 4.69) is 5.32 Å². The van der Waals surface area contributed by atoms with Crippen molar-refractivity contribution >= 4 is 5.91 Å². The molecule has 0 bridgehead atoms. The molecular weight excluding hydrogens is 218 g/mol. The molecule has 0 spiro atoms. The highest BCUT2D eigenvalue weighted by Gasteiger charge is 2.29. The summed E-state index contributed by atoms with van der Waals surface area (Å²) in [7, 11) is 0. The number of carbonyl (C=O) groups is 1. The third-order valence-electron chi connectivity index (χ3n) is 2.15. The van der Waals surface area contributed by atoms with E-state index in [-0.39, 0.29) is 18.9 Å². The first-order chi connectivity index (χ1) is 7.43. The Labute approximate surface area is 93.3 Å². The van der Waals surface area contributed by atoms with E-state index in [1.807, 2.05) is 0 Å². The summed E-state index contributed by atoms with van der Waals surface area (Å²) >= 11 is 0. The van der Waals surface area contributed by atoms with Gasteiger partial charge in [0.2, 0.25) is 5.91 Å². The fourth-order valence-electron chi connectivity index (χ4n) is 1.03. The third-order valence-corrected chi connectivity index (χ3v) is 2.15. The van der Waals surface area contributed by atoms with E-state index in [0.717, 1.165) is 0 Å². The van der Waals surface area contributed by atoms with Crippen LogP contribution in [0.4, 0.5) is 0 Å². The average Bonchev–Trinajstić information content (AvgIpc) is 2.32. The first-order valence-corrected chi connectivity index (χ1v) is 5.03. The van der Waals surface area contributed by atoms with Crippen molar-refractivity contribution < 1.29 is 30.3 Å². The van der Waals surface area contributed by atoms with Crippen LogP contribution in [0.3, 0.4) is 0 Å². The van der Waals surface area contributed by atoms with E-state index in [4.69, 9.17) is 10.2 Å². The van der Waals surface area contributed by atoms with Crippen molar-refractivity contribution in [3.8, 4) is 0 Å². The molecule has 6 N–H and O–H groups in total. The predicted octanol–water partition coefficient (Wildman–Crippen LogP) is -3.05. The first-order valence-electron chi connectivity index (χ1n) is 5.03. The number of nitrogens with one attached hydrogen (secondary N) is 1. The largest absolute Gasteiger partial charge is 0.394 e. The van der Waals surface area contributed by atoms with Gasteiger partial charge in [0.25, 0.3) is 0 Å². The SMILES string of the molecule is CCC(=O)NC[C@@H](O)[C@H](O)[C@@H](O)[C@@H](O)CO. The maximum Gasteiger partial charge on any atom is 0.219 e. The highest BCUT2D eigenvalue weighted by Crippen LogP contribution is 2.04. The van der Waals surface area contributed by atoms with Crippen LogP contribution in [0.2, 0.25) is 0 Å². The van der Waals surface area contributed by atoms with Gasteiger partial charge in [-0.1, -0.05) is 6.92 Å². The maximum atomic E-state index is 10.8. The van der Waals surface area contributed by atoms with Gasteiger partial charge < -0.3 is 30.8 Å². The van der Waals surface area contributed by atoms with Crippen LogP contribution < -0.4 is 5.32 Å². The van der Waals surface area contributed by atoms with Crippen LogP contribution in [0.15, 0.2) is 0 Å². The highest BCUT2D eigenvalue weighted by molar-refractivity contribution is 5.75. The monoisotopic (exact) mass is 237 g/mol. The molecule has 0 fully saturated rings. The zero-order valence-corrected chi connectivity index (χ0v) is 9.08. The molecule has 4 atom stereocenters. The second-order valence-electron chi connectivity index (χ2n) is 3.46. The van der Waals surface area contributed by atoms with Gasteiger partial charge in [-0.05, 0) is 0 Å². The summed E-state index contributed by atoms with van der Waals surface area (Å²) in [6.07, 6.45) is -6.01. The molecule has 0 radical (unpaired) electrons. The van der Waals surface area contributed by atoms with Crippen molar-refractivity contribution in [2.45, 2.75) is 37.8 Å². The standard InChI is InChI=1S/C9H19NO6/c1-2-7(14)10-3-5(12)8(15)9(16)6(13)4-11/h5-6,8-9,11-13,15-16H,2-4H2,1H3,(H,10,14)/t5-,6+,8+,9+/m1/s1. The van der Waals surface area contributed by atoms with E-state index in [1.165, 1.54) is 0 Å². The third kappa shape index (κ3) is 4.86. The summed E-state index contributed by atoms with van der Waals surface area (Å²) < 4.78 is 0. The van der Waals surface area contributed by atoms with Crippen LogP contribution in [0.5, 0.6) is 0 Å². The van der Waals surface area contributed by atoms with Crippen LogP contribution in [-0.2, 0) is 4.79 Å². The van der Waals surface area contributed by atoms with Crippen LogP contribution in [0, 0.1) is 0 Å². The van der Waals surface area contributed by atoms with Crippen LogP contribution in [-0.4, -0.2) is 69.0 Å². The molecule has 7 heteroatoms. The number of carbonyl (C=O) groups excluding carboxylic acids is 1. The van der Waals surface area contributed by atoms with Gasteiger partial charge in [0.1, 0.15) is 18.3 Å². The van der Waals surface area contributed by atoms with Crippen molar-refractivity contribution in [2.75, 3.05) is 13.2 Å². The molecule has 7 nitrogen and oxygen atoms in total. The summed E-state index contributed by atoms with van der Waals surface area (Å²) in [6, 6.07) is 0. The topological polar surface area (TPSA) is 130 Å². The second kappa shape index (κ2) is 7.53. The fraction of sp³-hybridized carbons (Fsp3) is 0.889. The molecule has 0 aliphatic rings. The average molecular weight is 237 g/mol. The summed E-state index contributed by atoms with van der Waals surface area (Å²) in [4.78, 5) is 10.8. The molecule has 0 heterocycles. The Balaban J connectivity index is 4.06. The molecule has 0 unspecified atom stereocenters. The molecule has 0 aromatic carbocycles. The van der Waals surface area contributed by atoms with E-state index < -0.39 is 31.0 Å². The van der Waals surface area contributed by atoms with Crippen LogP contribution in [0.1, 0.15) is 13.3 Å².